The summed E-state index contributed by atoms with van der Waals surface area (Å²) in [5.74, 6) is -0.539. The summed E-state index contributed by atoms with van der Waals surface area (Å²) in [5.41, 5.74) is 0. The number of morpholine rings is 1. The molecule has 0 spiro atoms. The number of amides is 2. The number of hydrogen-bond donors (Lipinski definition) is 1. The number of rotatable bonds is 3. The predicted molar refractivity (Wildman–Crippen MR) is 55.7 cm³/mol. The molecule has 0 radical (unpaired) electrons. The van der Waals surface area contributed by atoms with Crippen LogP contribution in [0.2, 0.25) is 0 Å². The Labute approximate surface area is 93.7 Å². The van der Waals surface area contributed by atoms with Gasteiger partial charge in [-0.05, 0) is 6.92 Å². The van der Waals surface area contributed by atoms with Crippen LogP contribution >= 0.6 is 11.6 Å². The van der Waals surface area contributed by atoms with E-state index in [0.29, 0.717) is 26.3 Å². The largest absolute Gasteiger partial charge is 0.378 e. The van der Waals surface area contributed by atoms with Gasteiger partial charge in [-0.1, -0.05) is 0 Å². The van der Waals surface area contributed by atoms with Crippen molar-refractivity contribution in [1.82, 2.24) is 10.2 Å². The first-order chi connectivity index (χ1) is 7.15. The number of alkyl halides is 1. The number of halogens is 1. The zero-order chi connectivity index (χ0) is 11.3. The lowest BCUT2D eigenvalue weighted by Crippen LogP contribution is -2.50. The van der Waals surface area contributed by atoms with Gasteiger partial charge in [0.15, 0.2) is 0 Å². The molecule has 1 unspecified atom stereocenters. The van der Waals surface area contributed by atoms with E-state index in [4.69, 9.17) is 16.3 Å². The number of carbonyl (C=O) groups is 2. The summed E-state index contributed by atoms with van der Waals surface area (Å²) >= 11 is 5.33. The number of hydrogen-bond acceptors (Lipinski definition) is 3. The molecule has 1 aliphatic rings. The van der Waals surface area contributed by atoms with E-state index in [1.807, 2.05) is 0 Å². The van der Waals surface area contributed by atoms with Gasteiger partial charge in [-0.3, -0.25) is 9.59 Å². The number of ether oxygens (including phenoxy) is 1. The van der Waals surface area contributed by atoms with Crippen molar-refractivity contribution in [3.05, 3.63) is 0 Å². The molecule has 0 aliphatic carbocycles. The van der Waals surface area contributed by atoms with Gasteiger partial charge in [-0.2, -0.15) is 0 Å². The first-order valence-electron chi connectivity index (χ1n) is 4.87. The van der Waals surface area contributed by atoms with Crippen LogP contribution < -0.4 is 5.32 Å². The summed E-state index contributed by atoms with van der Waals surface area (Å²) < 4.78 is 5.13. The van der Waals surface area contributed by atoms with Gasteiger partial charge in [0.05, 0.1) is 13.2 Å². The van der Waals surface area contributed by atoms with Crippen molar-refractivity contribution >= 4 is 23.4 Å². The van der Waals surface area contributed by atoms with Crippen molar-refractivity contribution in [1.29, 1.82) is 0 Å². The van der Waals surface area contributed by atoms with Crippen molar-refractivity contribution in [3.63, 3.8) is 0 Å². The van der Waals surface area contributed by atoms with E-state index in [1.165, 1.54) is 0 Å². The summed E-state index contributed by atoms with van der Waals surface area (Å²) in [7, 11) is 0. The Morgan fingerprint density at radius 1 is 1.47 bits per heavy atom. The molecule has 1 heterocycles. The molecule has 0 aromatic carbocycles. The van der Waals surface area contributed by atoms with E-state index in [1.54, 1.807) is 11.8 Å². The SMILES string of the molecule is CC(NC(=O)CCl)C(=O)N1CCOCC1. The molecule has 1 N–H and O–H groups in total. The summed E-state index contributed by atoms with van der Waals surface area (Å²) in [6, 6.07) is -0.519. The lowest BCUT2D eigenvalue weighted by molar-refractivity contribution is -0.139. The maximum absolute atomic E-state index is 11.8. The second-order valence-electron chi connectivity index (χ2n) is 3.36. The highest BCUT2D eigenvalue weighted by Crippen LogP contribution is 2.00. The van der Waals surface area contributed by atoms with Crippen LogP contribution in [0.25, 0.3) is 0 Å². The second-order valence-corrected chi connectivity index (χ2v) is 3.63. The van der Waals surface area contributed by atoms with Gasteiger partial charge in [0.25, 0.3) is 0 Å². The van der Waals surface area contributed by atoms with Crippen molar-refractivity contribution < 1.29 is 14.3 Å². The quantitative estimate of drug-likeness (QED) is 0.676. The van der Waals surface area contributed by atoms with Crippen molar-refractivity contribution in [2.75, 3.05) is 32.2 Å². The normalized spacial score (nSPS) is 18.4. The third-order valence-electron chi connectivity index (χ3n) is 2.19. The molecule has 15 heavy (non-hydrogen) atoms. The molecule has 1 saturated heterocycles. The highest BCUT2D eigenvalue weighted by atomic mass is 35.5. The highest BCUT2D eigenvalue weighted by molar-refractivity contribution is 6.27. The summed E-state index contributed by atoms with van der Waals surface area (Å²) in [6.45, 7) is 3.94. The van der Waals surface area contributed by atoms with E-state index in [9.17, 15) is 9.59 Å². The smallest absolute Gasteiger partial charge is 0.245 e. The topological polar surface area (TPSA) is 58.6 Å². The van der Waals surface area contributed by atoms with E-state index < -0.39 is 6.04 Å². The third-order valence-corrected chi connectivity index (χ3v) is 2.43. The minimum atomic E-state index is -0.519. The fourth-order valence-corrected chi connectivity index (χ4v) is 1.48. The Morgan fingerprint density at radius 2 is 2.07 bits per heavy atom. The molecule has 5 nitrogen and oxygen atoms in total. The molecule has 0 aromatic rings. The van der Waals surface area contributed by atoms with Crippen LogP contribution in [0.4, 0.5) is 0 Å². The molecule has 0 aromatic heterocycles. The van der Waals surface area contributed by atoms with Crippen LogP contribution in [0.3, 0.4) is 0 Å². The van der Waals surface area contributed by atoms with Gasteiger partial charge < -0.3 is 15.0 Å². The molecule has 0 saturated carbocycles. The zero-order valence-corrected chi connectivity index (χ0v) is 9.42. The fourth-order valence-electron chi connectivity index (χ4n) is 1.40. The van der Waals surface area contributed by atoms with E-state index >= 15 is 0 Å². The average molecular weight is 235 g/mol. The molecule has 0 bridgehead atoms. The standard InChI is InChI=1S/C9H15ClN2O3/c1-7(11-8(13)6-10)9(14)12-2-4-15-5-3-12/h7H,2-6H2,1H3,(H,11,13). The first kappa shape index (κ1) is 12.3. The van der Waals surface area contributed by atoms with Crippen molar-refractivity contribution in [3.8, 4) is 0 Å². The molecular formula is C9H15ClN2O3. The fraction of sp³-hybridized carbons (Fsp3) is 0.778. The molecule has 1 fully saturated rings. The number of carbonyl (C=O) groups excluding carboxylic acids is 2. The number of nitrogens with one attached hydrogen (secondary N) is 1. The number of nitrogens with zero attached hydrogens (tertiary/aromatic N) is 1. The zero-order valence-electron chi connectivity index (χ0n) is 8.66. The summed E-state index contributed by atoms with van der Waals surface area (Å²) in [4.78, 5) is 24.4. The lowest BCUT2D eigenvalue weighted by atomic mass is 10.2. The van der Waals surface area contributed by atoms with Gasteiger partial charge in [0.1, 0.15) is 11.9 Å². The molecular weight excluding hydrogens is 220 g/mol. The maximum atomic E-state index is 11.8. The van der Waals surface area contributed by atoms with Crippen LogP contribution in [-0.2, 0) is 14.3 Å². The van der Waals surface area contributed by atoms with Crippen LogP contribution in [0.15, 0.2) is 0 Å². The van der Waals surface area contributed by atoms with E-state index in [-0.39, 0.29) is 17.7 Å². The van der Waals surface area contributed by atoms with E-state index in [0.717, 1.165) is 0 Å². The Hall–Kier alpha value is -0.810. The van der Waals surface area contributed by atoms with Crippen molar-refractivity contribution in [2.24, 2.45) is 0 Å². The van der Waals surface area contributed by atoms with Gasteiger partial charge in [-0.15, -0.1) is 11.6 Å². The summed E-state index contributed by atoms with van der Waals surface area (Å²) in [6.07, 6.45) is 0. The first-order valence-corrected chi connectivity index (χ1v) is 5.40. The molecule has 2 amide bonds. The molecule has 1 atom stereocenters. The van der Waals surface area contributed by atoms with Crippen LogP contribution in [0.5, 0.6) is 0 Å². The van der Waals surface area contributed by atoms with Gasteiger partial charge >= 0.3 is 0 Å². The van der Waals surface area contributed by atoms with Gasteiger partial charge in [0, 0.05) is 13.1 Å². The monoisotopic (exact) mass is 234 g/mol. The molecule has 1 rings (SSSR count). The predicted octanol–water partition coefficient (Wildman–Crippen LogP) is -0.411. The highest BCUT2D eigenvalue weighted by Gasteiger charge is 2.23. The third kappa shape index (κ3) is 3.68. The Kier molecular flexibility index (Phi) is 4.84. The van der Waals surface area contributed by atoms with Gasteiger partial charge in [0.2, 0.25) is 11.8 Å². The maximum Gasteiger partial charge on any atom is 0.245 e. The Bertz CT molecular complexity index is 242. The van der Waals surface area contributed by atoms with Crippen LogP contribution in [0.1, 0.15) is 6.92 Å². The van der Waals surface area contributed by atoms with Gasteiger partial charge in [-0.25, -0.2) is 0 Å². The average Bonchev–Trinajstić information content (AvgIpc) is 2.29. The molecule has 86 valence electrons. The Balaban J connectivity index is 2.40. The van der Waals surface area contributed by atoms with Crippen LogP contribution in [0, 0.1) is 0 Å². The Morgan fingerprint density at radius 3 is 2.60 bits per heavy atom. The minimum absolute atomic E-state index is 0.0863. The lowest BCUT2D eigenvalue weighted by Gasteiger charge is -2.29. The van der Waals surface area contributed by atoms with E-state index in [2.05, 4.69) is 5.32 Å². The summed E-state index contributed by atoms with van der Waals surface area (Å²) in [5, 5.41) is 2.52. The molecule has 1 aliphatic heterocycles. The minimum Gasteiger partial charge on any atom is -0.378 e. The van der Waals surface area contributed by atoms with Crippen LogP contribution in [-0.4, -0.2) is 54.9 Å². The van der Waals surface area contributed by atoms with Crippen molar-refractivity contribution in [2.45, 2.75) is 13.0 Å². The molecule has 6 heteroatoms. The second kappa shape index (κ2) is 5.92.